The highest BCUT2D eigenvalue weighted by Gasteiger charge is 2.14. The highest BCUT2D eigenvalue weighted by Crippen LogP contribution is 2.18. The van der Waals surface area contributed by atoms with Crippen molar-refractivity contribution in [3.8, 4) is 0 Å². The van der Waals surface area contributed by atoms with Crippen LogP contribution in [0.5, 0.6) is 0 Å². The van der Waals surface area contributed by atoms with Crippen molar-refractivity contribution >= 4 is 23.8 Å². The Morgan fingerprint density at radius 2 is 0.947 bits per heavy atom. The van der Waals surface area contributed by atoms with Gasteiger partial charge in [-0.3, -0.25) is 4.79 Å². The van der Waals surface area contributed by atoms with Crippen molar-refractivity contribution in [2.45, 2.75) is 245 Å². The molecule has 0 amide bonds. The molecule has 0 radical (unpaired) electrons. The first-order valence-corrected chi connectivity index (χ1v) is 25.6. The molecule has 0 heterocycles. The summed E-state index contributed by atoms with van der Waals surface area (Å²) in [6.45, 7) is 12.8. The third-order valence-corrected chi connectivity index (χ3v) is 11.6. The van der Waals surface area contributed by atoms with E-state index in [4.69, 9.17) is 9.47 Å². The molecule has 0 aliphatic carbocycles. The molecule has 0 fully saturated rings. The fourth-order valence-corrected chi connectivity index (χ4v) is 7.94. The van der Waals surface area contributed by atoms with Gasteiger partial charge in [0, 0.05) is 40.3 Å². The minimum absolute atomic E-state index is 0.0288. The standard InChI is InChI=1S/C48H98N4O4S/c1-6-9-12-15-19-27-34-44-55-45-35-28-20-18-25-32-41-52(43-36-40-49-48(50-57-54)51(4)5)42-33-26-21-24-31-39-47(53)56-46(37-29-22-16-13-10-7-2)38-30-23-17-14-11-8-3/h46,57H,6-45H2,1-5H3,(H,49,50,54). The highest BCUT2D eigenvalue weighted by molar-refractivity contribution is 7.64. The van der Waals surface area contributed by atoms with E-state index < -0.39 is 0 Å². The molecule has 0 atom stereocenters. The van der Waals surface area contributed by atoms with Crippen LogP contribution in [0.2, 0.25) is 0 Å². The lowest BCUT2D eigenvalue weighted by Crippen LogP contribution is -2.38. The minimum atomic E-state index is -0.212. The lowest BCUT2D eigenvalue weighted by Gasteiger charge is -2.23. The SMILES string of the molecule is CCCCCCCCCOCCCCCCCCN(CCCCCCCC(=O)OC(CCCCCCCC)CCCCCCCC)CCCN/C(=N/[SH]=O)N(C)C. The number of carbonyl (C=O) groups is 1. The first-order valence-electron chi connectivity index (χ1n) is 24.8. The molecular weight excluding hydrogens is 729 g/mol. The number of carbonyl (C=O) groups excluding carboxylic acids is 1. The van der Waals surface area contributed by atoms with Gasteiger partial charge in [0.1, 0.15) is 18.0 Å². The predicted molar refractivity (Wildman–Crippen MR) is 250 cm³/mol. The monoisotopic (exact) mass is 827 g/mol. The summed E-state index contributed by atoms with van der Waals surface area (Å²) in [6, 6.07) is 0. The fourth-order valence-electron chi connectivity index (χ4n) is 7.62. The average Bonchev–Trinajstić information content (AvgIpc) is 3.20. The van der Waals surface area contributed by atoms with Gasteiger partial charge in [-0.2, -0.15) is 4.40 Å². The van der Waals surface area contributed by atoms with Crippen LogP contribution in [0.1, 0.15) is 239 Å². The molecule has 0 bridgehead atoms. The van der Waals surface area contributed by atoms with Crippen LogP contribution in [0, 0.1) is 0 Å². The van der Waals surface area contributed by atoms with Gasteiger partial charge in [0.25, 0.3) is 0 Å². The summed E-state index contributed by atoms with van der Waals surface area (Å²) in [4.78, 5) is 17.4. The van der Waals surface area contributed by atoms with Gasteiger partial charge >= 0.3 is 5.97 Å². The zero-order valence-corrected chi connectivity index (χ0v) is 39.7. The molecule has 0 aromatic carbocycles. The maximum absolute atomic E-state index is 12.8. The van der Waals surface area contributed by atoms with Crippen molar-refractivity contribution in [2.24, 2.45) is 4.40 Å². The summed E-state index contributed by atoms with van der Waals surface area (Å²) in [5.74, 6) is 0.692. The molecular formula is C48H98N4O4S. The number of rotatable bonds is 45. The van der Waals surface area contributed by atoms with Gasteiger partial charge in [-0.05, 0) is 83.8 Å². The number of unbranched alkanes of at least 4 members (excludes halogenated alkanes) is 25. The predicted octanol–water partition coefficient (Wildman–Crippen LogP) is 12.9. The second-order valence-corrected chi connectivity index (χ2v) is 17.5. The Bertz CT molecular complexity index is 861. The van der Waals surface area contributed by atoms with E-state index in [0.717, 1.165) is 71.5 Å². The molecule has 8 nitrogen and oxygen atoms in total. The number of hydrogen-bond donors (Lipinski definition) is 2. The van der Waals surface area contributed by atoms with Crippen LogP contribution in [0.3, 0.4) is 0 Å². The molecule has 0 aromatic rings. The van der Waals surface area contributed by atoms with Gasteiger partial charge in [0.05, 0.1) is 0 Å². The van der Waals surface area contributed by atoms with Gasteiger partial charge in [0.2, 0.25) is 5.96 Å². The first kappa shape index (κ1) is 55.8. The van der Waals surface area contributed by atoms with Crippen LogP contribution >= 0.6 is 0 Å². The molecule has 1 N–H and O–H groups in total. The van der Waals surface area contributed by atoms with E-state index >= 15 is 0 Å². The largest absolute Gasteiger partial charge is 0.462 e. The number of guanidine groups is 1. The van der Waals surface area contributed by atoms with Gasteiger partial charge in [0.15, 0.2) is 0 Å². The highest BCUT2D eigenvalue weighted by atomic mass is 32.2. The minimum Gasteiger partial charge on any atom is -0.462 e. The van der Waals surface area contributed by atoms with Crippen LogP contribution in [-0.2, 0) is 26.1 Å². The summed E-state index contributed by atoms with van der Waals surface area (Å²) < 4.78 is 27.0. The van der Waals surface area contributed by atoms with E-state index in [9.17, 15) is 9.00 Å². The van der Waals surface area contributed by atoms with Crippen LogP contribution in [0.15, 0.2) is 4.40 Å². The third-order valence-electron chi connectivity index (χ3n) is 11.3. The topological polar surface area (TPSA) is 83.5 Å². The van der Waals surface area contributed by atoms with E-state index in [0.29, 0.717) is 12.4 Å². The molecule has 0 aromatic heterocycles. The van der Waals surface area contributed by atoms with Gasteiger partial charge < -0.3 is 24.6 Å². The summed E-state index contributed by atoms with van der Waals surface area (Å²) in [5.41, 5.74) is 0. The Balaban J connectivity index is 4.41. The fraction of sp³-hybridized carbons (Fsp3) is 0.958. The molecule has 57 heavy (non-hydrogen) atoms. The maximum Gasteiger partial charge on any atom is 0.306 e. The van der Waals surface area contributed by atoms with Crippen molar-refractivity contribution in [2.75, 3.05) is 53.5 Å². The smallest absolute Gasteiger partial charge is 0.306 e. The van der Waals surface area contributed by atoms with Crippen LogP contribution in [0.25, 0.3) is 0 Å². The quantitative estimate of drug-likeness (QED) is 0.0208. The van der Waals surface area contributed by atoms with E-state index in [-0.39, 0.29) is 23.9 Å². The molecule has 0 aliphatic heterocycles. The second-order valence-electron chi connectivity index (χ2n) is 17.1. The van der Waals surface area contributed by atoms with E-state index in [1.807, 2.05) is 19.0 Å². The number of nitrogens with zero attached hydrogens (tertiary/aromatic N) is 3. The van der Waals surface area contributed by atoms with Crippen molar-refractivity contribution in [1.29, 1.82) is 0 Å². The lowest BCUT2D eigenvalue weighted by molar-refractivity contribution is -0.150. The number of esters is 1. The van der Waals surface area contributed by atoms with Crippen LogP contribution in [-0.4, -0.2) is 85.5 Å². The van der Waals surface area contributed by atoms with Crippen molar-refractivity contribution in [3.05, 3.63) is 0 Å². The van der Waals surface area contributed by atoms with Crippen LogP contribution < -0.4 is 5.32 Å². The molecule has 340 valence electrons. The van der Waals surface area contributed by atoms with E-state index in [1.165, 1.54) is 180 Å². The molecule has 0 spiro atoms. The Hall–Kier alpha value is -1.19. The summed E-state index contributed by atoms with van der Waals surface area (Å²) in [6.07, 6.45) is 41.9. The Kier molecular flexibility index (Phi) is 44.9. The molecule has 0 saturated heterocycles. The normalized spacial score (nSPS) is 11.9. The maximum atomic E-state index is 12.8. The summed E-state index contributed by atoms with van der Waals surface area (Å²) in [5, 5.41) is 3.34. The second kappa shape index (κ2) is 45.9. The van der Waals surface area contributed by atoms with Gasteiger partial charge in [-0.1, -0.05) is 168 Å². The molecule has 0 aliphatic rings. The summed E-state index contributed by atoms with van der Waals surface area (Å²) >= 11 is -0.212. The number of ether oxygens (including phenoxy) is 2. The zero-order valence-electron chi connectivity index (χ0n) is 38.8. The number of nitrogens with one attached hydrogen (secondary N) is 1. The van der Waals surface area contributed by atoms with Crippen molar-refractivity contribution in [3.63, 3.8) is 0 Å². The Labute approximate surface area is 359 Å². The third kappa shape index (κ3) is 41.3. The van der Waals surface area contributed by atoms with Crippen molar-refractivity contribution < 1.29 is 18.5 Å². The molecule has 0 rings (SSSR count). The van der Waals surface area contributed by atoms with Gasteiger partial charge in [-0.25, -0.2) is 4.21 Å². The number of hydrogen-bond acceptors (Lipinski definition) is 5. The van der Waals surface area contributed by atoms with Crippen molar-refractivity contribution in [1.82, 2.24) is 15.1 Å². The Morgan fingerprint density at radius 1 is 0.544 bits per heavy atom. The molecule has 0 unspecified atom stereocenters. The van der Waals surface area contributed by atoms with Gasteiger partial charge in [-0.15, -0.1) is 0 Å². The lowest BCUT2D eigenvalue weighted by atomic mass is 10.0. The zero-order chi connectivity index (χ0) is 41.7. The van der Waals surface area contributed by atoms with Crippen LogP contribution in [0.4, 0.5) is 0 Å². The molecule has 0 saturated carbocycles. The first-order chi connectivity index (χ1) is 28.0. The molecule has 9 heteroatoms. The van der Waals surface area contributed by atoms with E-state index in [2.05, 4.69) is 35.4 Å². The number of thiol groups is 1. The summed E-state index contributed by atoms with van der Waals surface area (Å²) in [7, 11) is 3.84. The average molecular weight is 827 g/mol. The Morgan fingerprint density at radius 3 is 1.40 bits per heavy atom. The van der Waals surface area contributed by atoms with E-state index in [1.54, 1.807) is 0 Å².